The molecule has 5 heteroatoms. The van der Waals surface area contributed by atoms with E-state index >= 15 is 0 Å². The van der Waals surface area contributed by atoms with Gasteiger partial charge in [0.15, 0.2) is 0 Å². The molecule has 1 atom stereocenters. The third kappa shape index (κ3) is 5.79. The lowest BCUT2D eigenvalue weighted by Crippen LogP contribution is -2.52. The first-order chi connectivity index (χ1) is 10.0. The van der Waals surface area contributed by atoms with Crippen molar-refractivity contribution >= 4 is 23.6 Å². The maximum absolute atomic E-state index is 12.0. The number of esters is 1. The van der Waals surface area contributed by atoms with Gasteiger partial charge in [-0.3, -0.25) is 4.79 Å². The molecule has 0 aliphatic rings. The average molecular weight is 309 g/mol. The average Bonchev–Trinajstić information content (AvgIpc) is 2.47. The zero-order valence-electron chi connectivity index (χ0n) is 12.8. The van der Waals surface area contributed by atoms with Crippen molar-refractivity contribution in [3.8, 4) is 0 Å². The Bertz CT molecular complexity index is 464. The molecule has 0 heterocycles. The second-order valence-corrected chi connectivity index (χ2v) is 6.20. The van der Waals surface area contributed by atoms with Crippen molar-refractivity contribution in [2.75, 3.05) is 12.9 Å². The summed E-state index contributed by atoms with van der Waals surface area (Å²) in [6, 6.07) is 9.93. The number of thioether (sulfide) groups is 1. The monoisotopic (exact) mass is 309 g/mol. The van der Waals surface area contributed by atoms with Gasteiger partial charge < -0.3 is 10.1 Å². The standard InChI is InChI=1S/C16H23NO3S/c1-4-11-16(2,15(19)20-3)17-14(18)10-12-21-13-8-6-5-7-9-13/h5-9H,4,10-12H2,1-3H3,(H,17,18). The molecule has 0 saturated carbocycles. The molecule has 0 radical (unpaired) electrons. The van der Waals surface area contributed by atoms with Gasteiger partial charge in [-0.2, -0.15) is 0 Å². The zero-order chi connectivity index (χ0) is 15.7. The number of hydrogen-bond donors (Lipinski definition) is 1. The molecule has 1 N–H and O–H groups in total. The highest BCUT2D eigenvalue weighted by Crippen LogP contribution is 2.19. The highest BCUT2D eigenvalue weighted by molar-refractivity contribution is 7.99. The fourth-order valence-corrected chi connectivity index (χ4v) is 2.96. The van der Waals surface area contributed by atoms with Gasteiger partial charge in [-0.05, 0) is 25.5 Å². The Balaban J connectivity index is 2.45. The Kier molecular flexibility index (Phi) is 7.29. The molecule has 1 unspecified atom stereocenters. The van der Waals surface area contributed by atoms with E-state index in [4.69, 9.17) is 4.74 Å². The van der Waals surface area contributed by atoms with Gasteiger partial charge in [-0.15, -0.1) is 11.8 Å². The van der Waals surface area contributed by atoms with E-state index in [1.165, 1.54) is 7.11 Å². The number of carbonyl (C=O) groups is 2. The van der Waals surface area contributed by atoms with E-state index < -0.39 is 11.5 Å². The highest BCUT2D eigenvalue weighted by atomic mass is 32.2. The number of ether oxygens (including phenoxy) is 1. The highest BCUT2D eigenvalue weighted by Gasteiger charge is 2.34. The number of benzene rings is 1. The van der Waals surface area contributed by atoms with Crippen LogP contribution in [0.4, 0.5) is 0 Å². The summed E-state index contributed by atoms with van der Waals surface area (Å²) in [5.41, 5.74) is -0.933. The first-order valence-corrected chi connectivity index (χ1v) is 8.07. The Labute approximate surface area is 130 Å². The van der Waals surface area contributed by atoms with E-state index in [-0.39, 0.29) is 5.91 Å². The molecule has 1 amide bonds. The quantitative estimate of drug-likeness (QED) is 0.592. The summed E-state index contributed by atoms with van der Waals surface area (Å²) in [5, 5.41) is 2.80. The normalized spacial score (nSPS) is 13.3. The van der Waals surface area contributed by atoms with Crippen LogP contribution in [-0.2, 0) is 14.3 Å². The van der Waals surface area contributed by atoms with E-state index in [2.05, 4.69) is 5.32 Å². The van der Waals surface area contributed by atoms with Crippen molar-refractivity contribution in [3.05, 3.63) is 30.3 Å². The number of nitrogens with one attached hydrogen (secondary N) is 1. The molecule has 0 aliphatic carbocycles. The van der Waals surface area contributed by atoms with Crippen LogP contribution in [0.3, 0.4) is 0 Å². The number of amides is 1. The molecule has 4 nitrogen and oxygen atoms in total. The topological polar surface area (TPSA) is 55.4 Å². The molecule has 0 aromatic heterocycles. The van der Waals surface area contributed by atoms with Crippen molar-refractivity contribution in [1.82, 2.24) is 5.32 Å². The van der Waals surface area contributed by atoms with Crippen LogP contribution in [0.1, 0.15) is 33.1 Å². The molecule has 0 aliphatic heterocycles. The zero-order valence-corrected chi connectivity index (χ0v) is 13.7. The summed E-state index contributed by atoms with van der Waals surface area (Å²) in [7, 11) is 1.34. The summed E-state index contributed by atoms with van der Waals surface area (Å²) in [6.45, 7) is 3.68. The third-order valence-corrected chi connectivity index (χ3v) is 4.16. The van der Waals surface area contributed by atoms with Gasteiger partial charge in [-0.25, -0.2) is 4.79 Å². The molecule has 1 rings (SSSR count). The lowest BCUT2D eigenvalue weighted by Gasteiger charge is -2.27. The van der Waals surface area contributed by atoms with Crippen molar-refractivity contribution in [2.24, 2.45) is 0 Å². The van der Waals surface area contributed by atoms with Crippen molar-refractivity contribution in [3.63, 3.8) is 0 Å². The van der Waals surface area contributed by atoms with E-state index in [0.29, 0.717) is 18.6 Å². The molecule has 0 saturated heterocycles. The minimum absolute atomic E-state index is 0.125. The van der Waals surface area contributed by atoms with Crippen LogP contribution in [0.5, 0.6) is 0 Å². The Morgan fingerprint density at radius 1 is 1.29 bits per heavy atom. The largest absolute Gasteiger partial charge is 0.467 e. The molecule has 1 aromatic carbocycles. The smallest absolute Gasteiger partial charge is 0.331 e. The minimum atomic E-state index is -0.933. The van der Waals surface area contributed by atoms with E-state index in [1.54, 1.807) is 18.7 Å². The summed E-state index contributed by atoms with van der Waals surface area (Å²) < 4.78 is 4.78. The maximum atomic E-state index is 12.0. The summed E-state index contributed by atoms with van der Waals surface area (Å²) in [6.07, 6.45) is 1.73. The predicted molar refractivity (Wildman–Crippen MR) is 85.3 cm³/mol. The molecular weight excluding hydrogens is 286 g/mol. The summed E-state index contributed by atoms with van der Waals surface area (Å²) in [5.74, 6) is 0.160. The predicted octanol–water partition coefficient (Wildman–Crippen LogP) is 3.02. The SMILES string of the molecule is CCCC(C)(NC(=O)CCSc1ccccc1)C(=O)OC. The van der Waals surface area contributed by atoms with E-state index in [9.17, 15) is 9.59 Å². The lowest BCUT2D eigenvalue weighted by atomic mass is 9.96. The number of rotatable bonds is 8. The van der Waals surface area contributed by atoms with Gasteiger partial charge in [0.2, 0.25) is 5.91 Å². The van der Waals surface area contributed by atoms with Crippen LogP contribution in [0.2, 0.25) is 0 Å². The van der Waals surface area contributed by atoms with Gasteiger partial charge >= 0.3 is 5.97 Å². The summed E-state index contributed by atoms with van der Waals surface area (Å²) >= 11 is 1.63. The van der Waals surface area contributed by atoms with Gasteiger partial charge in [0.1, 0.15) is 5.54 Å². The molecule has 0 spiro atoms. The van der Waals surface area contributed by atoms with Crippen molar-refractivity contribution < 1.29 is 14.3 Å². The van der Waals surface area contributed by atoms with Crippen LogP contribution in [0.25, 0.3) is 0 Å². The number of carbonyl (C=O) groups excluding carboxylic acids is 2. The lowest BCUT2D eigenvalue weighted by molar-refractivity contribution is -0.150. The van der Waals surface area contributed by atoms with E-state index in [1.807, 2.05) is 37.3 Å². The Hall–Kier alpha value is -1.49. The molecule has 116 valence electrons. The molecule has 0 fully saturated rings. The first-order valence-electron chi connectivity index (χ1n) is 7.09. The van der Waals surface area contributed by atoms with Gasteiger partial charge in [-0.1, -0.05) is 31.5 Å². The van der Waals surface area contributed by atoms with Crippen molar-refractivity contribution in [1.29, 1.82) is 0 Å². The molecule has 21 heavy (non-hydrogen) atoms. The molecule has 1 aromatic rings. The fraction of sp³-hybridized carbons (Fsp3) is 0.500. The first kappa shape index (κ1) is 17.6. The van der Waals surface area contributed by atoms with Gasteiger partial charge in [0.25, 0.3) is 0 Å². The second kappa shape index (κ2) is 8.72. The van der Waals surface area contributed by atoms with Gasteiger partial charge in [0, 0.05) is 17.1 Å². The van der Waals surface area contributed by atoms with Gasteiger partial charge in [0.05, 0.1) is 7.11 Å². The van der Waals surface area contributed by atoms with Crippen LogP contribution in [-0.4, -0.2) is 30.3 Å². The minimum Gasteiger partial charge on any atom is -0.467 e. The van der Waals surface area contributed by atoms with E-state index in [0.717, 1.165) is 11.3 Å². The fourth-order valence-electron chi connectivity index (χ4n) is 2.09. The molecule has 0 bridgehead atoms. The van der Waals surface area contributed by atoms with Crippen LogP contribution >= 0.6 is 11.8 Å². The number of hydrogen-bond acceptors (Lipinski definition) is 4. The Morgan fingerprint density at radius 3 is 2.52 bits per heavy atom. The number of methoxy groups -OCH3 is 1. The second-order valence-electron chi connectivity index (χ2n) is 5.03. The summed E-state index contributed by atoms with van der Waals surface area (Å²) in [4.78, 5) is 25.0. The Morgan fingerprint density at radius 2 is 1.95 bits per heavy atom. The van der Waals surface area contributed by atoms with Crippen molar-refractivity contribution in [2.45, 2.75) is 43.5 Å². The third-order valence-electron chi connectivity index (χ3n) is 3.14. The maximum Gasteiger partial charge on any atom is 0.331 e. The van der Waals surface area contributed by atoms with Crippen LogP contribution in [0, 0.1) is 0 Å². The van der Waals surface area contributed by atoms with Crippen LogP contribution in [0.15, 0.2) is 35.2 Å². The molecular formula is C16H23NO3S. The van der Waals surface area contributed by atoms with Crippen LogP contribution < -0.4 is 5.32 Å².